The van der Waals surface area contributed by atoms with E-state index in [2.05, 4.69) is 31.0 Å². The summed E-state index contributed by atoms with van der Waals surface area (Å²) in [5.41, 5.74) is -0.0706. The fraction of sp³-hybridized carbons (Fsp3) is 0.938. The van der Waals surface area contributed by atoms with Crippen molar-refractivity contribution in [3.8, 4) is 0 Å². The summed E-state index contributed by atoms with van der Waals surface area (Å²) in [6.07, 6.45) is 9.04. The smallest absolute Gasteiger partial charge is 0.234 e. The van der Waals surface area contributed by atoms with E-state index in [9.17, 15) is 4.79 Å². The van der Waals surface area contributed by atoms with Gasteiger partial charge in [-0.15, -0.1) is 0 Å². The number of amides is 1. The van der Waals surface area contributed by atoms with Crippen LogP contribution < -0.4 is 5.32 Å². The van der Waals surface area contributed by atoms with Crippen LogP contribution in [-0.4, -0.2) is 35.5 Å². The van der Waals surface area contributed by atoms with Crippen molar-refractivity contribution >= 4 is 5.91 Å². The van der Waals surface area contributed by atoms with Crippen LogP contribution in [0, 0.1) is 5.92 Å². The number of rotatable bonds is 4. The van der Waals surface area contributed by atoms with Gasteiger partial charge in [-0.3, -0.25) is 9.69 Å². The summed E-state index contributed by atoms with van der Waals surface area (Å²) in [6, 6.07) is 0.679. The summed E-state index contributed by atoms with van der Waals surface area (Å²) < 4.78 is 0. The van der Waals surface area contributed by atoms with Gasteiger partial charge in [-0.05, 0) is 58.4 Å². The molecule has 2 unspecified atom stereocenters. The van der Waals surface area contributed by atoms with Crippen LogP contribution in [0.15, 0.2) is 0 Å². The molecule has 2 atom stereocenters. The van der Waals surface area contributed by atoms with Crippen LogP contribution in [-0.2, 0) is 4.79 Å². The normalized spacial score (nSPS) is 28.8. The van der Waals surface area contributed by atoms with Gasteiger partial charge in [-0.1, -0.05) is 19.8 Å². The zero-order chi connectivity index (χ0) is 13.9. The first-order valence-electron chi connectivity index (χ1n) is 8.07. The Morgan fingerprint density at radius 1 is 1.21 bits per heavy atom. The zero-order valence-corrected chi connectivity index (χ0v) is 12.9. The predicted molar refractivity (Wildman–Crippen MR) is 79.1 cm³/mol. The van der Waals surface area contributed by atoms with E-state index in [-0.39, 0.29) is 11.4 Å². The first kappa shape index (κ1) is 14.8. The lowest BCUT2D eigenvalue weighted by atomic mass is 9.78. The Morgan fingerprint density at radius 2 is 1.89 bits per heavy atom. The summed E-state index contributed by atoms with van der Waals surface area (Å²) in [5, 5.41) is 3.17. The van der Waals surface area contributed by atoms with Crippen molar-refractivity contribution in [3.05, 3.63) is 0 Å². The number of nitrogens with zero attached hydrogens (tertiary/aromatic N) is 1. The third kappa shape index (κ3) is 3.95. The van der Waals surface area contributed by atoms with E-state index in [1.54, 1.807) is 0 Å². The van der Waals surface area contributed by atoms with Crippen LogP contribution in [0.1, 0.15) is 65.7 Å². The van der Waals surface area contributed by atoms with Crippen LogP contribution in [0.5, 0.6) is 0 Å². The maximum atomic E-state index is 12.2. The third-order valence-electron chi connectivity index (χ3n) is 5.07. The number of piperidine rings is 1. The lowest BCUT2D eigenvalue weighted by Gasteiger charge is -2.44. The van der Waals surface area contributed by atoms with Gasteiger partial charge in [-0.2, -0.15) is 0 Å². The molecule has 1 saturated heterocycles. The number of fused-ring (bicyclic) bond motifs is 1. The minimum absolute atomic E-state index is 0.0706. The molecule has 2 fully saturated rings. The highest BCUT2D eigenvalue weighted by molar-refractivity contribution is 5.78. The molecule has 3 heteroatoms. The van der Waals surface area contributed by atoms with Crippen molar-refractivity contribution in [2.24, 2.45) is 5.92 Å². The molecule has 0 aromatic rings. The van der Waals surface area contributed by atoms with Gasteiger partial charge in [0.05, 0.1) is 6.54 Å². The van der Waals surface area contributed by atoms with Crippen molar-refractivity contribution in [1.29, 1.82) is 0 Å². The average molecular weight is 266 g/mol. The van der Waals surface area contributed by atoms with Crippen LogP contribution in [0.3, 0.4) is 0 Å². The summed E-state index contributed by atoms with van der Waals surface area (Å²) in [7, 11) is 0. The molecule has 3 nitrogen and oxygen atoms in total. The summed E-state index contributed by atoms with van der Waals surface area (Å²) in [4.78, 5) is 14.7. The molecular formula is C16H30N2O. The highest BCUT2D eigenvalue weighted by Gasteiger charge is 2.34. The van der Waals surface area contributed by atoms with E-state index >= 15 is 0 Å². The van der Waals surface area contributed by atoms with E-state index < -0.39 is 0 Å². The number of nitrogens with one attached hydrogen (secondary N) is 1. The minimum Gasteiger partial charge on any atom is -0.350 e. The molecule has 0 spiro atoms. The maximum absolute atomic E-state index is 12.2. The largest absolute Gasteiger partial charge is 0.350 e. The van der Waals surface area contributed by atoms with Gasteiger partial charge in [0.25, 0.3) is 0 Å². The number of likely N-dealkylation sites (tertiary alicyclic amines) is 1. The monoisotopic (exact) mass is 266 g/mol. The second-order valence-electron chi connectivity index (χ2n) is 7.01. The van der Waals surface area contributed by atoms with Gasteiger partial charge in [0.15, 0.2) is 0 Å². The summed E-state index contributed by atoms with van der Waals surface area (Å²) in [6.45, 7) is 8.04. The SMILES string of the molecule is CCC(C)(C)NC(=O)CN1CCCC2CCCCC21. The third-order valence-corrected chi connectivity index (χ3v) is 5.07. The van der Waals surface area contributed by atoms with E-state index in [0.29, 0.717) is 12.6 Å². The zero-order valence-electron chi connectivity index (χ0n) is 12.9. The maximum Gasteiger partial charge on any atom is 0.234 e. The topological polar surface area (TPSA) is 32.3 Å². The molecule has 1 amide bonds. The van der Waals surface area contributed by atoms with Crippen LogP contribution in [0.2, 0.25) is 0 Å². The standard InChI is InChI=1S/C16H30N2O/c1-4-16(2,3)17-15(19)12-18-11-7-9-13-8-5-6-10-14(13)18/h13-14H,4-12H2,1-3H3,(H,17,19). The number of carbonyl (C=O) groups is 1. The molecule has 0 bridgehead atoms. The molecule has 0 aromatic carbocycles. The molecule has 1 saturated carbocycles. The summed E-state index contributed by atoms with van der Waals surface area (Å²) >= 11 is 0. The molecule has 110 valence electrons. The van der Waals surface area contributed by atoms with Gasteiger partial charge >= 0.3 is 0 Å². The van der Waals surface area contributed by atoms with E-state index in [1.165, 1.54) is 38.5 Å². The molecule has 1 N–H and O–H groups in total. The molecule has 1 heterocycles. The van der Waals surface area contributed by atoms with Crippen LogP contribution in [0.25, 0.3) is 0 Å². The van der Waals surface area contributed by atoms with E-state index in [0.717, 1.165) is 18.9 Å². The lowest BCUT2D eigenvalue weighted by Crippen LogP contribution is -2.53. The number of hydrogen-bond acceptors (Lipinski definition) is 2. The Kier molecular flexibility index (Phi) is 4.88. The molecule has 2 rings (SSSR count). The van der Waals surface area contributed by atoms with Crippen LogP contribution in [0.4, 0.5) is 0 Å². The van der Waals surface area contributed by atoms with Gasteiger partial charge in [0.2, 0.25) is 5.91 Å². The quantitative estimate of drug-likeness (QED) is 0.848. The van der Waals surface area contributed by atoms with Crippen molar-refractivity contribution in [1.82, 2.24) is 10.2 Å². The Morgan fingerprint density at radius 3 is 2.63 bits per heavy atom. The predicted octanol–water partition coefficient (Wildman–Crippen LogP) is 2.95. The van der Waals surface area contributed by atoms with Crippen molar-refractivity contribution in [3.63, 3.8) is 0 Å². The number of carbonyl (C=O) groups excluding carboxylic acids is 1. The Bertz CT molecular complexity index is 312. The molecule has 0 aromatic heterocycles. The van der Waals surface area contributed by atoms with Crippen molar-refractivity contribution in [2.75, 3.05) is 13.1 Å². The van der Waals surface area contributed by atoms with Gasteiger partial charge in [0, 0.05) is 11.6 Å². The van der Waals surface area contributed by atoms with Gasteiger partial charge < -0.3 is 5.32 Å². The van der Waals surface area contributed by atoms with Crippen molar-refractivity contribution in [2.45, 2.75) is 77.3 Å². The highest BCUT2D eigenvalue weighted by Crippen LogP contribution is 2.34. The molecule has 19 heavy (non-hydrogen) atoms. The van der Waals surface area contributed by atoms with Gasteiger partial charge in [-0.25, -0.2) is 0 Å². The van der Waals surface area contributed by atoms with Crippen molar-refractivity contribution < 1.29 is 4.79 Å². The lowest BCUT2D eigenvalue weighted by molar-refractivity contribution is -0.125. The minimum atomic E-state index is -0.0706. The number of hydrogen-bond donors (Lipinski definition) is 1. The first-order valence-corrected chi connectivity index (χ1v) is 8.07. The Balaban J connectivity index is 1.88. The van der Waals surface area contributed by atoms with E-state index in [1.807, 2.05) is 0 Å². The summed E-state index contributed by atoms with van der Waals surface area (Å²) in [5.74, 6) is 1.06. The van der Waals surface area contributed by atoms with Crippen LogP contribution >= 0.6 is 0 Å². The molecule has 1 aliphatic carbocycles. The fourth-order valence-corrected chi connectivity index (χ4v) is 3.61. The highest BCUT2D eigenvalue weighted by atomic mass is 16.2. The second kappa shape index (κ2) is 6.25. The fourth-order valence-electron chi connectivity index (χ4n) is 3.61. The molecular weight excluding hydrogens is 236 g/mol. The second-order valence-corrected chi connectivity index (χ2v) is 7.01. The Hall–Kier alpha value is -0.570. The van der Waals surface area contributed by atoms with E-state index in [4.69, 9.17) is 0 Å². The molecule has 2 aliphatic rings. The molecule has 0 radical (unpaired) electrons. The Labute approximate surface area is 118 Å². The van der Waals surface area contributed by atoms with Gasteiger partial charge in [0.1, 0.15) is 0 Å². The first-order chi connectivity index (χ1) is 9.02. The average Bonchev–Trinajstić information content (AvgIpc) is 2.38. The molecule has 1 aliphatic heterocycles.